The molecule has 0 radical (unpaired) electrons. The highest BCUT2D eigenvalue weighted by Gasteiger charge is 2.39. The highest BCUT2D eigenvalue weighted by atomic mass is 32.2. The van der Waals surface area contributed by atoms with E-state index in [2.05, 4.69) is 17.1 Å². The molecular weight excluding hydrogens is 326 g/mol. The summed E-state index contributed by atoms with van der Waals surface area (Å²) in [5, 5.41) is 2.87. The van der Waals surface area contributed by atoms with Gasteiger partial charge in [0.1, 0.15) is 6.04 Å². The number of nitrogens with zero attached hydrogens (tertiary/aromatic N) is 2. The SMILES string of the molecule is CCN(C)CCNC(=O)[C@@H]1CCCN1S(=O)(=O)c1ccc(C)cc1. The van der Waals surface area contributed by atoms with Crippen molar-refractivity contribution in [2.75, 3.05) is 33.2 Å². The molecular formula is C17H27N3O3S. The van der Waals surface area contributed by atoms with Gasteiger partial charge in [0.05, 0.1) is 4.90 Å². The van der Waals surface area contributed by atoms with Crippen molar-refractivity contribution in [1.82, 2.24) is 14.5 Å². The average molecular weight is 353 g/mol. The standard InChI is InChI=1S/C17H27N3O3S/c1-4-19(3)13-11-18-17(21)16-6-5-12-20(16)24(22,23)15-9-7-14(2)8-10-15/h7-10,16H,4-6,11-13H2,1-3H3,(H,18,21)/t16-/m0/s1. The van der Waals surface area contributed by atoms with Crippen molar-refractivity contribution in [3.05, 3.63) is 29.8 Å². The lowest BCUT2D eigenvalue weighted by molar-refractivity contribution is -0.124. The number of aryl methyl sites for hydroxylation is 1. The van der Waals surface area contributed by atoms with Crippen LogP contribution in [0.3, 0.4) is 0 Å². The molecule has 0 bridgehead atoms. The fraction of sp³-hybridized carbons (Fsp3) is 0.588. The van der Waals surface area contributed by atoms with E-state index in [-0.39, 0.29) is 10.8 Å². The van der Waals surface area contributed by atoms with Crippen molar-refractivity contribution in [3.8, 4) is 0 Å². The number of nitrogens with one attached hydrogen (secondary N) is 1. The zero-order valence-electron chi connectivity index (χ0n) is 14.7. The van der Waals surface area contributed by atoms with Crippen molar-refractivity contribution < 1.29 is 13.2 Å². The van der Waals surface area contributed by atoms with E-state index in [0.717, 1.165) is 18.7 Å². The Hall–Kier alpha value is -1.44. The summed E-state index contributed by atoms with van der Waals surface area (Å²) in [6.07, 6.45) is 1.28. The third-order valence-corrected chi connectivity index (χ3v) is 6.39. The van der Waals surface area contributed by atoms with E-state index in [0.29, 0.717) is 25.9 Å². The number of carbonyl (C=O) groups is 1. The van der Waals surface area contributed by atoms with Crippen molar-refractivity contribution >= 4 is 15.9 Å². The number of hydrogen-bond acceptors (Lipinski definition) is 4. The molecule has 0 unspecified atom stereocenters. The van der Waals surface area contributed by atoms with Gasteiger partial charge in [0.25, 0.3) is 0 Å². The van der Waals surface area contributed by atoms with E-state index in [1.165, 1.54) is 4.31 Å². The first-order chi connectivity index (χ1) is 11.4. The first kappa shape index (κ1) is 18.9. The lowest BCUT2D eigenvalue weighted by Gasteiger charge is -2.24. The molecule has 1 amide bonds. The second kappa shape index (κ2) is 8.09. The molecule has 134 valence electrons. The van der Waals surface area contributed by atoms with Crippen molar-refractivity contribution in [2.24, 2.45) is 0 Å². The van der Waals surface area contributed by atoms with Gasteiger partial charge in [-0.25, -0.2) is 8.42 Å². The predicted molar refractivity (Wildman–Crippen MR) is 94.3 cm³/mol. The summed E-state index contributed by atoms with van der Waals surface area (Å²) in [7, 11) is -1.65. The van der Waals surface area contributed by atoms with Crippen LogP contribution in [-0.4, -0.2) is 62.8 Å². The van der Waals surface area contributed by atoms with Gasteiger partial charge >= 0.3 is 0 Å². The summed E-state index contributed by atoms with van der Waals surface area (Å²) in [6.45, 7) is 6.54. The van der Waals surface area contributed by atoms with Gasteiger partial charge in [0.2, 0.25) is 15.9 Å². The van der Waals surface area contributed by atoms with Crippen LogP contribution in [0.25, 0.3) is 0 Å². The van der Waals surface area contributed by atoms with E-state index in [1.807, 2.05) is 14.0 Å². The van der Waals surface area contributed by atoms with Crippen LogP contribution in [0.5, 0.6) is 0 Å². The molecule has 1 aromatic carbocycles. The Balaban J connectivity index is 2.06. The zero-order chi connectivity index (χ0) is 17.7. The van der Waals surface area contributed by atoms with Gasteiger partial charge < -0.3 is 10.2 Å². The molecule has 1 N–H and O–H groups in total. The Morgan fingerprint density at radius 1 is 1.33 bits per heavy atom. The van der Waals surface area contributed by atoms with Crippen molar-refractivity contribution in [3.63, 3.8) is 0 Å². The number of sulfonamides is 1. The second-order valence-corrected chi connectivity index (χ2v) is 8.16. The van der Waals surface area contributed by atoms with Gasteiger partial charge in [-0.05, 0) is 45.5 Å². The summed E-state index contributed by atoms with van der Waals surface area (Å²) in [5.74, 6) is -0.201. The fourth-order valence-corrected chi connectivity index (χ4v) is 4.44. The van der Waals surface area contributed by atoms with E-state index in [4.69, 9.17) is 0 Å². The molecule has 7 heteroatoms. The first-order valence-electron chi connectivity index (χ1n) is 8.41. The van der Waals surface area contributed by atoms with Crippen LogP contribution in [0, 0.1) is 6.92 Å². The van der Waals surface area contributed by atoms with Gasteiger partial charge in [-0.3, -0.25) is 4.79 Å². The number of likely N-dealkylation sites (N-methyl/N-ethyl adjacent to an activating group) is 1. The highest BCUT2D eigenvalue weighted by molar-refractivity contribution is 7.89. The topological polar surface area (TPSA) is 69.7 Å². The molecule has 6 nitrogen and oxygen atoms in total. The van der Waals surface area contributed by atoms with E-state index < -0.39 is 16.1 Å². The lowest BCUT2D eigenvalue weighted by atomic mass is 10.2. The normalized spacial score (nSPS) is 18.9. The first-order valence-corrected chi connectivity index (χ1v) is 9.85. The van der Waals surface area contributed by atoms with Crippen LogP contribution >= 0.6 is 0 Å². The minimum Gasteiger partial charge on any atom is -0.353 e. The zero-order valence-corrected chi connectivity index (χ0v) is 15.5. The molecule has 1 saturated heterocycles. The average Bonchev–Trinajstić information content (AvgIpc) is 3.05. The largest absolute Gasteiger partial charge is 0.353 e. The van der Waals surface area contributed by atoms with Gasteiger partial charge in [-0.1, -0.05) is 24.6 Å². The maximum absolute atomic E-state index is 12.8. The van der Waals surface area contributed by atoms with E-state index >= 15 is 0 Å². The van der Waals surface area contributed by atoms with Gasteiger partial charge in [0.15, 0.2) is 0 Å². The highest BCUT2D eigenvalue weighted by Crippen LogP contribution is 2.26. The molecule has 1 heterocycles. The Kier molecular flexibility index (Phi) is 6.37. The summed E-state index contributed by atoms with van der Waals surface area (Å²) >= 11 is 0. The van der Waals surface area contributed by atoms with Crippen LogP contribution in [0.4, 0.5) is 0 Å². The molecule has 1 aliphatic rings. The van der Waals surface area contributed by atoms with Crippen LogP contribution < -0.4 is 5.32 Å². The minimum absolute atomic E-state index is 0.201. The van der Waals surface area contributed by atoms with E-state index in [1.54, 1.807) is 24.3 Å². The Morgan fingerprint density at radius 2 is 2.00 bits per heavy atom. The smallest absolute Gasteiger partial charge is 0.243 e. The van der Waals surface area contributed by atoms with Gasteiger partial charge in [-0.2, -0.15) is 4.31 Å². The maximum Gasteiger partial charge on any atom is 0.243 e. The van der Waals surface area contributed by atoms with Gasteiger partial charge in [-0.15, -0.1) is 0 Å². The van der Waals surface area contributed by atoms with Crippen LogP contribution in [0.1, 0.15) is 25.3 Å². The molecule has 1 atom stereocenters. The fourth-order valence-electron chi connectivity index (χ4n) is 2.78. The number of benzene rings is 1. The Labute approximate surface area is 144 Å². The molecule has 0 aromatic heterocycles. The summed E-state index contributed by atoms with van der Waals surface area (Å²) in [4.78, 5) is 14.8. The molecule has 0 saturated carbocycles. The van der Waals surface area contributed by atoms with Crippen LogP contribution in [-0.2, 0) is 14.8 Å². The Bertz CT molecular complexity index is 658. The molecule has 0 spiro atoms. The van der Waals surface area contributed by atoms with Crippen molar-refractivity contribution in [1.29, 1.82) is 0 Å². The number of amides is 1. The minimum atomic E-state index is -3.63. The third-order valence-electron chi connectivity index (χ3n) is 4.47. The third kappa shape index (κ3) is 4.34. The molecule has 24 heavy (non-hydrogen) atoms. The molecule has 1 fully saturated rings. The second-order valence-electron chi connectivity index (χ2n) is 6.27. The predicted octanol–water partition coefficient (Wildman–Crippen LogP) is 1.22. The van der Waals surface area contributed by atoms with Crippen molar-refractivity contribution in [2.45, 2.75) is 37.6 Å². The maximum atomic E-state index is 12.8. The van der Waals surface area contributed by atoms with Crippen LogP contribution in [0.15, 0.2) is 29.2 Å². The quantitative estimate of drug-likeness (QED) is 0.800. The lowest BCUT2D eigenvalue weighted by Crippen LogP contribution is -2.47. The number of rotatable bonds is 7. The molecule has 1 aliphatic heterocycles. The number of carbonyl (C=O) groups excluding carboxylic acids is 1. The van der Waals surface area contributed by atoms with E-state index in [9.17, 15) is 13.2 Å². The summed E-state index contributed by atoms with van der Waals surface area (Å²) in [5.41, 5.74) is 1.00. The summed E-state index contributed by atoms with van der Waals surface area (Å²) < 4.78 is 27.0. The molecule has 1 aromatic rings. The Morgan fingerprint density at radius 3 is 2.62 bits per heavy atom. The number of hydrogen-bond donors (Lipinski definition) is 1. The van der Waals surface area contributed by atoms with Gasteiger partial charge in [0, 0.05) is 19.6 Å². The summed E-state index contributed by atoms with van der Waals surface area (Å²) in [6, 6.07) is 6.16. The molecule has 2 rings (SSSR count). The molecule has 0 aliphatic carbocycles. The van der Waals surface area contributed by atoms with Crippen LogP contribution in [0.2, 0.25) is 0 Å². The monoisotopic (exact) mass is 353 g/mol.